The molecule has 0 saturated heterocycles. The molecule has 0 aromatic heterocycles. The van der Waals surface area contributed by atoms with Crippen LogP contribution in [0.1, 0.15) is 13.3 Å². The molecule has 0 amide bonds. The highest BCUT2D eigenvalue weighted by Crippen LogP contribution is 2.18. The quantitative estimate of drug-likeness (QED) is 0.556. The van der Waals surface area contributed by atoms with E-state index in [1.807, 2.05) is 0 Å². The van der Waals surface area contributed by atoms with Gasteiger partial charge in [-0.25, -0.2) is 0 Å². The molecule has 0 aliphatic carbocycles. The minimum atomic E-state index is -0.461. The van der Waals surface area contributed by atoms with Gasteiger partial charge in [-0.2, -0.15) is 0 Å². The van der Waals surface area contributed by atoms with Crippen LogP contribution in [0.25, 0.3) is 0 Å². The van der Waals surface area contributed by atoms with E-state index in [-0.39, 0.29) is 24.3 Å². The fraction of sp³-hybridized carbons (Fsp3) is 0.750. The minimum Gasteiger partial charge on any atom is -0.469 e. The van der Waals surface area contributed by atoms with E-state index in [0.29, 0.717) is 0 Å². The van der Waals surface area contributed by atoms with Crippen molar-refractivity contribution in [2.24, 2.45) is 5.92 Å². The van der Waals surface area contributed by atoms with Crippen molar-refractivity contribution in [3.05, 3.63) is 0 Å². The van der Waals surface area contributed by atoms with Gasteiger partial charge in [0.1, 0.15) is 4.83 Å². The molecule has 2 unspecified atom stereocenters. The van der Waals surface area contributed by atoms with Crippen molar-refractivity contribution in [1.82, 2.24) is 0 Å². The van der Waals surface area contributed by atoms with Crippen LogP contribution in [0.5, 0.6) is 0 Å². The Balaban J connectivity index is 4.02. The molecule has 4 nitrogen and oxygen atoms in total. The normalized spacial score (nSPS) is 14.5. The van der Waals surface area contributed by atoms with Crippen molar-refractivity contribution in [2.45, 2.75) is 18.2 Å². The number of carbonyl (C=O) groups excluding carboxylic acids is 2. The van der Waals surface area contributed by atoms with Gasteiger partial charge in [-0.15, -0.1) is 0 Å². The van der Waals surface area contributed by atoms with E-state index in [1.54, 1.807) is 6.92 Å². The molecule has 0 aromatic carbocycles. The molecule has 0 heterocycles. The van der Waals surface area contributed by atoms with E-state index in [2.05, 4.69) is 25.4 Å². The summed E-state index contributed by atoms with van der Waals surface area (Å²) >= 11 is 3.14. The summed E-state index contributed by atoms with van der Waals surface area (Å²) in [7, 11) is 2.62. The second-order valence-corrected chi connectivity index (χ2v) is 3.67. The van der Waals surface area contributed by atoms with Crippen LogP contribution in [0.2, 0.25) is 0 Å². The van der Waals surface area contributed by atoms with Crippen LogP contribution in [-0.4, -0.2) is 31.0 Å². The van der Waals surface area contributed by atoms with Crippen molar-refractivity contribution in [1.29, 1.82) is 0 Å². The highest BCUT2D eigenvalue weighted by molar-refractivity contribution is 9.10. The molecule has 0 saturated carbocycles. The van der Waals surface area contributed by atoms with Crippen LogP contribution in [0.15, 0.2) is 0 Å². The molecule has 76 valence electrons. The van der Waals surface area contributed by atoms with Crippen LogP contribution < -0.4 is 0 Å². The smallest absolute Gasteiger partial charge is 0.319 e. The summed E-state index contributed by atoms with van der Waals surface area (Å²) < 4.78 is 8.98. The number of ether oxygens (including phenoxy) is 2. The molecule has 0 aliphatic heterocycles. The summed E-state index contributed by atoms with van der Waals surface area (Å²) in [5, 5.41) is 0. The number of hydrogen-bond acceptors (Lipinski definition) is 4. The predicted octanol–water partition coefficient (Wildman–Crippen LogP) is 1.12. The molecule has 0 aliphatic rings. The first-order valence-corrected chi connectivity index (χ1v) is 4.73. The first-order chi connectivity index (χ1) is 6.02. The van der Waals surface area contributed by atoms with E-state index >= 15 is 0 Å². The van der Waals surface area contributed by atoms with Crippen LogP contribution in [0, 0.1) is 5.92 Å². The Morgan fingerprint density at radius 2 is 1.85 bits per heavy atom. The van der Waals surface area contributed by atoms with Crippen molar-refractivity contribution in [2.75, 3.05) is 14.2 Å². The first-order valence-electron chi connectivity index (χ1n) is 3.81. The molecular weight excluding hydrogens is 240 g/mol. The topological polar surface area (TPSA) is 52.6 Å². The van der Waals surface area contributed by atoms with Gasteiger partial charge in [0.05, 0.1) is 14.2 Å². The van der Waals surface area contributed by atoms with E-state index in [9.17, 15) is 9.59 Å². The van der Waals surface area contributed by atoms with Gasteiger partial charge in [0.25, 0.3) is 0 Å². The van der Waals surface area contributed by atoms with Crippen molar-refractivity contribution in [3.63, 3.8) is 0 Å². The van der Waals surface area contributed by atoms with Gasteiger partial charge >= 0.3 is 11.9 Å². The lowest BCUT2D eigenvalue weighted by Crippen LogP contribution is -2.25. The van der Waals surface area contributed by atoms with Gasteiger partial charge in [0, 0.05) is 6.42 Å². The Morgan fingerprint density at radius 1 is 1.31 bits per heavy atom. The van der Waals surface area contributed by atoms with Crippen LogP contribution >= 0.6 is 15.9 Å². The third-order valence-corrected chi connectivity index (χ3v) is 2.92. The van der Waals surface area contributed by atoms with Gasteiger partial charge < -0.3 is 9.47 Å². The number of methoxy groups -OCH3 is 2. The summed E-state index contributed by atoms with van der Waals surface area (Å²) in [6.07, 6.45) is 0.196. The summed E-state index contributed by atoms with van der Waals surface area (Å²) in [5.41, 5.74) is 0. The predicted molar refractivity (Wildman–Crippen MR) is 50.5 cm³/mol. The monoisotopic (exact) mass is 252 g/mol. The first kappa shape index (κ1) is 12.4. The number of halogens is 1. The van der Waals surface area contributed by atoms with Gasteiger partial charge in [-0.1, -0.05) is 22.9 Å². The van der Waals surface area contributed by atoms with Gasteiger partial charge in [-0.3, -0.25) is 9.59 Å². The van der Waals surface area contributed by atoms with Gasteiger partial charge in [0.15, 0.2) is 0 Å². The number of rotatable bonds is 4. The highest BCUT2D eigenvalue weighted by atomic mass is 79.9. The molecule has 0 rings (SSSR count). The Bertz CT molecular complexity index is 193. The standard InChI is InChI=1S/C8H13BrO4/c1-5(4-6(10)12-2)7(9)8(11)13-3/h5,7H,4H2,1-3H3. The summed E-state index contributed by atoms with van der Waals surface area (Å²) in [6, 6.07) is 0. The average Bonchev–Trinajstić information content (AvgIpc) is 2.14. The third kappa shape index (κ3) is 4.26. The maximum Gasteiger partial charge on any atom is 0.319 e. The van der Waals surface area contributed by atoms with Gasteiger partial charge in [0.2, 0.25) is 0 Å². The van der Waals surface area contributed by atoms with Crippen LogP contribution in [-0.2, 0) is 19.1 Å². The molecule has 0 bridgehead atoms. The molecule has 2 atom stereocenters. The van der Waals surface area contributed by atoms with E-state index in [0.717, 1.165) is 0 Å². The highest BCUT2D eigenvalue weighted by Gasteiger charge is 2.24. The van der Waals surface area contributed by atoms with Crippen molar-refractivity contribution in [3.8, 4) is 0 Å². The maximum atomic E-state index is 11.0. The van der Waals surface area contributed by atoms with Gasteiger partial charge in [-0.05, 0) is 5.92 Å². The molecule has 0 fully saturated rings. The average molecular weight is 253 g/mol. The van der Waals surface area contributed by atoms with E-state index in [1.165, 1.54) is 14.2 Å². The molecule has 0 spiro atoms. The zero-order valence-electron chi connectivity index (χ0n) is 7.87. The fourth-order valence-electron chi connectivity index (χ4n) is 0.795. The summed E-state index contributed by atoms with van der Waals surface area (Å²) in [5.74, 6) is -0.850. The lowest BCUT2D eigenvalue weighted by atomic mass is 10.0. The van der Waals surface area contributed by atoms with E-state index < -0.39 is 4.83 Å². The Labute approximate surface area is 85.7 Å². The Kier molecular flexibility index (Phi) is 5.70. The molecular formula is C8H13BrO4. The number of carbonyl (C=O) groups is 2. The molecule has 5 heteroatoms. The van der Waals surface area contributed by atoms with Crippen molar-refractivity contribution >= 4 is 27.9 Å². The number of esters is 2. The second-order valence-electron chi connectivity index (χ2n) is 2.68. The number of alkyl halides is 1. The van der Waals surface area contributed by atoms with Crippen molar-refractivity contribution < 1.29 is 19.1 Å². The summed E-state index contributed by atoms with van der Waals surface area (Å²) in [4.78, 5) is 21.4. The fourth-order valence-corrected chi connectivity index (χ4v) is 1.17. The Morgan fingerprint density at radius 3 is 2.23 bits per heavy atom. The number of hydrogen-bond donors (Lipinski definition) is 0. The maximum absolute atomic E-state index is 11.0. The van der Waals surface area contributed by atoms with Crippen LogP contribution in [0.4, 0.5) is 0 Å². The van der Waals surface area contributed by atoms with Crippen LogP contribution in [0.3, 0.4) is 0 Å². The minimum absolute atomic E-state index is 0.139. The zero-order valence-corrected chi connectivity index (χ0v) is 9.46. The third-order valence-electron chi connectivity index (χ3n) is 1.64. The largest absolute Gasteiger partial charge is 0.469 e. The lowest BCUT2D eigenvalue weighted by Gasteiger charge is -2.14. The van der Waals surface area contributed by atoms with E-state index in [4.69, 9.17) is 0 Å². The molecule has 13 heavy (non-hydrogen) atoms. The molecule has 0 radical (unpaired) electrons. The second kappa shape index (κ2) is 5.96. The Hall–Kier alpha value is -0.580. The summed E-state index contributed by atoms with van der Waals surface area (Å²) in [6.45, 7) is 1.77. The molecule has 0 N–H and O–H groups in total. The zero-order chi connectivity index (χ0) is 10.4. The molecule has 0 aromatic rings. The SMILES string of the molecule is COC(=O)CC(C)C(Br)C(=O)OC. The lowest BCUT2D eigenvalue weighted by molar-refractivity contribution is -0.143.